The maximum Gasteiger partial charge on any atom is 0.339 e. The molecule has 0 aromatic heterocycles. The molecule has 0 atom stereocenters. The van der Waals surface area contributed by atoms with Crippen molar-refractivity contribution in [2.75, 3.05) is 11.9 Å². The highest BCUT2D eigenvalue weighted by molar-refractivity contribution is 7.99. The van der Waals surface area contributed by atoms with Gasteiger partial charge >= 0.3 is 5.97 Å². The van der Waals surface area contributed by atoms with Gasteiger partial charge in [0.05, 0.1) is 26.9 Å². The van der Waals surface area contributed by atoms with Gasteiger partial charge in [-0.05, 0) is 36.4 Å². The Bertz CT molecular complexity index is 1120. The molecule has 5 nitrogen and oxygen atoms in total. The number of rotatable bonds is 6. The normalized spacial score (nSPS) is 10.2. The van der Waals surface area contributed by atoms with E-state index >= 15 is 0 Å². The van der Waals surface area contributed by atoms with Gasteiger partial charge in [0, 0.05) is 9.79 Å². The molecule has 30 heavy (non-hydrogen) atoms. The molecular formula is C22H14Cl2N2O3S. The summed E-state index contributed by atoms with van der Waals surface area (Å²) in [6.45, 7) is -0.506. The second-order valence-corrected chi connectivity index (χ2v) is 7.83. The summed E-state index contributed by atoms with van der Waals surface area (Å²) in [5.41, 5.74) is 1.05. The van der Waals surface area contributed by atoms with Crippen molar-refractivity contribution in [3.8, 4) is 6.07 Å². The number of carbonyl (C=O) groups excluding carboxylic acids is 2. The lowest BCUT2D eigenvalue weighted by atomic mass is 10.2. The number of ether oxygens (including phenoxy) is 1. The minimum atomic E-state index is -0.659. The van der Waals surface area contributed by atoms with E-state index in [0.29, 0.717) is 20.9 Å². The highest BCUT2D eigenvalue weighted by atomic mass is 35.5. The number of amides is 1. The third kappa shape index (κ3) is 5.33. The fourth-order valence-electron chi connectivity index (χ4n) is 2.49. The Labute approximate surface area is 187 Å². The van der Waals surface area contributed by atoms with Crippen LogP contribution in [0.2, 0.25) is 10.0 Å². The van der Waals surface area contributed by atoms with E-state index in [4.69, 9.17) is 27.9 Å². The highest BCUT2D eigenvalue weighted by Crippen LogP contribution is 2.33. The Balaban J connectivity index is 1.69. The van der Waals surface area contributed by atoms with Crippen molar-refractivity contribution in [2.45, 2.75) is 9.79 Å². The van der Waals surface area contributed by atoms with Gasteiger partial charge in [-0.3, -0.25) is 4.79 Å². The van der Waals surface area contributed by atoms with E-state index in [2.05, 4.69) is 11.4 Å². The van der Waals surface area contributed by atoms with Crippen LogP contribution in [0.1, 0.15) is 15.9 Å². The van der Waals surface area contributed by atoms with E-state index in [1.54, 1.807) is 60.7 Å². The van der Waals surface area contributed by atoms with Crippen molar-refractivity contribution in [1.29, 1.82) is 5.26 Å². The molecule has 3 rings (SSSR count). The first kappa shape index (κ1) is 21.7. The number of esters is 1. The summed E-state index contributed by atoms with van der Waals surface area (Å²) in [6.07, 6.45) is 0. The van der Waals surface area contributed by atoms with Crippen LogP contribution in [0.25, 0.3) is 0 Å². The van der Waals surface area contributed by atoms with Gasteiger partial charge in [0.15, 0.2) is 6.61 Å². The number of nitrogens with zero attached hydrogens (tertiary/aromatic N) is 1. The number of anilines is 1. The third-order valence-corrected chi connectivity index (χ3v) is 5.68. The topological polar surface area (TPSA) is 79.2 Å². The molecule has 0 spiro atoms. The van der Waals surface area contributed by atoms with Crippen LogP contribution < -0.4 is 5.32 Å². The first-order valence-corrected chi connectivity index (χ1v) is 10.2. The van der Waals surface area contributed by atoms with Crippen molar-refractivity contribution >= 4 is 52.5 Å². The molecule has 0 radical (unpaired) electrons. The number of nitrogens with one attached hydrogen (secondary N) is 1. The fraction of sp³-hybridized carbons (Fsp3) is 0.0455. The number of carbonyl (C=O) groups is 2. The van der Waals surface area contributed by atoms with Crippen LogP contribution in [0.5, 0.6) is 0 Å². The van der Waals surface area contributed by atoms with Crippen molar-refractivity contribution in [3.05, 3.63) is 87.9 Å². The van der Waals surface area contributed by atoms with Crippen LogP contribution in [0.15, 0.2) is 76.5 Å². The second kappa shape index (κ2) is 10.2. The first-order chi connectivity index (χ1) is 14.5. The van der Waals surface area contributed by atoms with E-state index in [9.17, 15) is 14.9 Å². The molecule has 0 aliphatic rings. The summed E-state index contributed by atoms with van der Waals surface area (Å²) in [4.78, 5) is 26.1. The maximum absolute atomic E-state index is 12.6. The minimum Gasteiger partial charge on any atom is -0.452 e. The molecule has 0 aliphatic heterocycles. The monoisotopic (exact) mass is 456 g/mol. The molecule has 150 valence electrons. The van der Waals surface area contributed by atoms with Crippen LogP contribution >= 0.6 is 35.0 Å². The largest absolute Gasteiger partial charge is 0.452 e. The van der Waals surface area contributed by atoms with Crippen molar-refractivity contribution in [3.63, 3.8) is 0 Å². The van der Waals surface area contributed by atoms with Crippen LogP contribution in [-0.2, 0) is 9.53 Å². The summed E-state index contributed by atoms with van der Waals surface area (Å²) in [5.74, 6) is -1.23. The number of hydrogen-bond donors (Lipinski definition) is 1. The summed E-state index contributed by atoms with van der Waals surface area (Å²) in [7, 11) is 0. The van der Waals surface area contributed by atoms with Gasteiger partial charge in [-0.15, -0.1) is 0 Å². The molecule has 0 heterocycles. The molecule has 0 bridgehead atoms. The Morgan fingerprint density at radius 3 is 2.27 bits per heavy atom. The number of para-hydroxylation sites is 1. The number of halogens is 2. The zero-order valence-electron chi connectivity index (χ0n) is 15.4. The summed E-state index contributed by atoms with van der Waals surface area (Å²) < 4.78 is 5.16. The van der Waals surface area contributed by atoms with Gasteiger partial charge in [0.1, 0.15) is 6.07 Å². The van der Waals surface area contributed by atoms with Crippen LogP contribution in [0, 0.1) is 11.3 Å². The minimum absolute atomic E-state index is 0.256. The van der Waals surface area contributed by atoms with Gasteiger partial charge in [-0.25, -0.2) is 4.79 Å². The highest BCUT2D eigenvalue weighted by Gasteiger charge is 2.17. The molecule has 0 saturated carbocycles. The van der Waals surface area contributed by atoms with Gasteiger partial charge in [-0.2, -0.15) is 5.26 Å². The van der Waals surface area contributed by atoms with E-state index in [0.717, 1.165) is 0 Å². The van der Waals surface area contributed by atoms with Crippen LogP contribution in [-0.4, -0.2) is 18.5 Å². The number of hydrogen-bond acceptors (Lipinski definition) is 5. The predicted octanol–water partition coefficient (Wildman–Crippen LogP) is 5.81. The van der Waals surface area contributed by atoms with Gasteiger partial charge < -0.3 is 10.1 Å². The van der Waals surface area contributed by atoms with Crippen LogP contribution in [0.3, 0.4) is 0 Å². The van der Waals surface area contributed by atoms with E-state index in [1.165, 1.54) is 11.8 Å². The summed E-state index contributed by atoms with van der Waals surface area (Å²) in [5, 5.41) is 12.4. The van der Waals surface area contributed by atoms with E-state index < -0.39 is 18.5 Å². The zero-order chi connectivity index (χ0) is 21.5. The Morgan fingerprint density at radius 2 is 1.57 bits per heavy atom. The van der Waals surface area contributed by atoms with Crippen molar-refractivity contribution in [2.24, 2.45) is 0 Å². The molecule has 0 fully saturated rings. The second-order valence-electron chi connectivity index (χ2n) is 5.93. The number of benzene rings is 3. The average molecular weight is 457 g/mol. The predicted molar refractivity (Wildman–Crippen MR) is 117 cm³/mol. The fourth-order valence-corrected chi connectivity index (χ4v) is 4.00. The van der Waals surface area contributed by atoms with Gasteiger partial charge in [0.2, 0.25) is 0 Å². The Kier molecular flexibility index (Phi) is 7.36. The molecule has 0 unspecified atom stereocenters. The average Bonchev–Trinajstić information content (AvgIpc) is 2.75. The van der Waals surface area contributed by atoms with Crippen molar-refractivity contribution < 1.29 is 14.3 Å². The molecule has 3 aromatic carbocycles. The molecule has 1 amide bonds. The molecule has 8 heteroatoms. The quantitative estimate of drug-likeness (QED) is 0.473. The molecule has 0 aliphatic carbocycles. The van der Waals surface area contributed by atoms with Gasteiger partial charge in [0.25, 0.3) is 5.91 Å². The molecular weight excluding hydrogens is 443 g/mol. The smallest absolute Gasteiger partial charge is 0.339 e. The van der Waals surface area contributed by atoms with E-state index in [-0.39, 0.29) is 15.7 Å². The maximum atomic E-state index is 12.6. The first-order valence-electron chi connectivity index (χ1n) is 8.66. The summed E-state index contributed by atoms with van der Waals surface area (Å²) >= 11 is 13.3. The van der Waals surface area contributed by atoms with Crippen LogP contribution in [0.4, 0.5) is 5.69 Å². The van der Waals surface area contributed by atoms with Gasteiger partial charge in [-0.1, -0.05) is 65.3 Å². The Morgan fingerprint density at radius 1 is 0.933 bits per heavy atom. The SMILES string of the molecule is N#Cc1ccccc1Sc1ccccc1C(=O)OCC(=O)Nc1c(Cl)cccc1Cl. The Hall–Kier alpha value is -2.98. The standard InChI is InChI=1S/C22H14Cl2N2O3S/c23-16-8-5-9-17(24)21(16)26-20(27)13-29-22(28)15-7-2-4-11-19(15)30-18-10-3-1-6-14(18)12-25/h1-11H,13H2,(H,26,27). The van der Waals surface area contributed by atoms with Crippen molar-refractivity contribution in [1.82, 2.24) is 0 Å². The molecule has 1 N–H and O–H groups in total. The third-order valence-electron chi connectivity index (χ3n) is 3.90. The van der Waals surface area contributed by atoms with E-state index in [1.807, 2.05) is 6.07 Å². The number of nitriles is 1. The molecule has 0 saturated heterocycles. The lowest BCUT2D eigenvalue weighted by Crippen LogP contribution is -2.21. The summed E-state index contributed by atoms with van der Waals surface area (Å²) in [6, 6.07) is 20.9. The lowest BCUT2D eigenvalue weighted by molar-refractivity contribution is -0.119. The zero-order valence-corrected chi connectivity index (χ0v) is 17.7. The molecule has 3 aromatic rings. The lowest BCUT2D eigenvalue weighted by Gasteiger charge is -2.11.